The van der Waals surface area contributed by atoms with Gasteiger partial charge >= 0.3 is 0 Å². The predicted molar refractivity (Wildman–Crippen MR) is 233 cm³/mol. The third-order valence-corrected chi connectivity index (χ3v) is 13.3. The maximum absolute atomic E-state index is 5.80. The zero-order valence-corrected chi connectivity index (χ0v) is 30.0. The third-order valence-electron chi connectivity index (χ3n) is 12.2. The van der Waals surface area contributed by atoms with Crippen LogP contribution in [0.3, 0.4) is 0 Å². The molecule has 0 aliphatic carbocycles. The number of nitrogens with zero attached hydrogens (tertiary/aromatic N) is 4. The minimum absolute atomic E-state index is 0.836. The first-order chi connectivity index (χ1) is 27.3. The summed E-state index contributed by atoms with van der Waals surface area (Å²) >= 11 is 1.89. The monoisotopic (exact) mass is 714 g/mol. The molecule has 0 spiro atoms. The number of para-hydroxylation sites is 1. The Hall–Kier alpha value is -7.08. The molecule has 0 saturated carbocycles. The molecule has 0 saturated heterocycles. The maximum Gasteiger partial charge on any atom is 0.165 e. The van der Waals surface area contributed by atoms with Crippen molar-refractivity contribution in [2.24, 2.45) is 0 Å². The van der Waals surface area contributed by atoms with E-state index in [4.69, 9.17) is 9.97 Å². The van der Waals surface area contributed by atoms with Crippen molar-refractivity contribution in [3.8, 4) is 17.1 Å². The van der Waals surface area contributed by atoms with Crippen LogP contribution in [0, 0.1) is 0 Å². The predicted octanol–water partition coefficient (Wildman–Crippen LogP) is 13.7. The lowest BCUT2D eigenvalue weighted by Crippen LogP contribution is -2.04. The highest BCUT2D eigenvalue weighted by Gasteiger charge is 2.27. The molecule has 55 heavy (non-hydrogen) atoms. The molecule has 5 aromatic heterocycles. The fourth-order valence-corrected chi connectivity index (χ4v) is 11.0. The van der Waals surface area contributed by atoms with Crippen LogP contribution in [0.5, 0.6) is 0 Å². The Morgan fingerprint density at radius 3 is 1.87 bits per heavy atom. The molecule has 0 fully saturated rings. The smallest absolute Gasteiger partial charge is 0.165 e. The normalized spacial score (nSPS) is 12.7. The van der Waals surface area contributed by atoms with Crippen molar-refractivity contribution in [2.45, 2.75) is 0 Å². The number of hydrogen-bond acceptors (Lipinski definition) is 3. The number of fused-ring (bicyclic) bond motifs is 11. The molecular formula is C50H26N4S. The van der Waals surface area contributed by atoms with Gasteiger partial charge in [0.15, 0.2) is 5.82 Å². The lowest BCUT2D eigenvalue weighted by atomic mass is 9.99. The van der Waals surface area contributed by atoms with E-state index < -0.39 is 0 Å². The summed E-state index contributed by atoms with van der Waals surface area (Å²) in [6.07, 6.45) is 0. The number of aromatic nitrogens is 4. The van der Waals surface area contributed by atoms with Gasteiger partial charge in [-0.05, 0) is 64.0 Å². The Balaban J connectivity index is 1.23. The van der Waals surface area contributed by atoms with Gasteiger partial charge < -0.3 is 4.40 Å². The van der Waals surface area contributed by atoms with Crippen molar-refractivity contribution < 1.29 is 0 Å². The summed E-state index contributed by atoms with van der Waals surface area (Å²) in [5.41, 5.74) is 9.73. The van der Waals surface area contributed by atoms with Crippen molar-refractivity contribution >= 4 is 124 Å². The van der Waals surface area contributed by atoms with Crippen LogP contribution in [0.25, 0.3) is 130 Å². The van der Waals surface area contributed by atoms with E-state index in [1.165, 1.54) is 79.8 Å². The molecule has 14 aromatic rings. The van der Waals surface area contributed by atoms with Crippen LogP contribution in [0.4, 0.5) is 0 Å². The first-order valence-corrected chi connectivity index (χ1v) is 19.6. The van der Waals surface area contributed by atoms with Crippen LogP contribution in [0.2, 0.25) is 0 Å². The Kier molecular flexibility index (Phi) is 5.12. The van der Waals surface area contributed by atoms with Crippen LogP contribution in [-0.2, 0) is 0 Å². The first-order valence-electron chi connectivity index (χ1n) is 18.8. The van der Waals surface area contributed by atoms with Crippen molar-refractivity contribution in [2.75, 3.05) is 0 Å². The minimum Gasteiger partial charge on any atom is -0.308 e. The van der Waals surface area contributed by atoms with Gasteiger partial charge in [-0.3, -0.25) is 4.57 Å². The number of rotatable bonds is 2. The van der Waals surface area contributed by atoms with Gasteiger partial charge in [0.05, 0.1) is 38.6 Å². The number of hydrogen-bond donors (Lipinski definition) is 0. The van der Waals surface area contributed by atoms with E-state index >= 15 is 0 Å². The van der Waals surface area contributed by atoms with Crippen molar-refractivity contribution in [1.29, 1.82) is 0 Å². The molecule has 14 rings (SSSR count). The zero-order chi connectivity index (χ0) is 35.5. The van der Waals surface area contributed by atoms with Crippen LogP contribution >= 0.6 is 11.3 Å². The Morgan fingerprint density at radius 1 is 0.400 bits per heavy atom. The van der Waals surface area contributed by atoms with Crippen molar-refractivity contribution in [1.82, 2.24) is 18.9 Å². The van der Waals surface area contributed by atoms with Crippen LogP contribution in [-0.4, -0.2) is 18.9 Å². The van der Waals surface area contributed by atoms with E-state index in [0.29, 0.717) is 0 Å². The first kappa shape index (κ1) is 28.4. The van der Waals surface area contributed by atoms with Crippen molar-refractivity contribution in [3.05, 3.63) is 158 Å². The summed E-state index contributed by atoms with van der Waals surface area (Å²) in [4.78, 5) is 11.5. The highest BCUT2D eigenvalue weighted by atomic mass is 32.1. The van der Waals surface area contributed by atoms with Crippen LogP contribution < -0.4 is 0 Å². The molecule has 0 aliphatic rings. The summed E-state index contributed by atoms with van der Waals surface area (Å²) in [6, 6.07) is 57.5. The molecule has 4 nitrogen and oxygen atoms in total. The van der Waals surface area contributed by atoms with Crippen LogP contribution in [0.15, 0.2) is 158 Å². The Bertz CT molecular complexity index is 3960. The second kappa shape index (κ2) is 9.91. The molecule has 252 valence electrons. The molecule has 0 radical (unpaired) electrons. The molecule has 0 N–H and O–H groups in total. The van der Waals surface area contributed by atoms with Gasteiger partial charge in [-0.15, -0.1) is 11.3 Å². The summed E-state index contributed by atoms with van der Waals surface area (Å²) in [5, 5.41) is 14.8. The second-order valence-electron chi connectivity index (χ2n) is 14.9. The molecule has 0 unspecified atom stereocenters. The second-order valence-corrected chi connectivity index (χ2v) is 16.0. The third kappa shape index (κ3) is 3.44. The zero-order valence-electron chi connectivity index (χ0n) is 29.2. The standard InChI is InChI=1S/C50H26N4S/c1-2-11-28-26-29(21-20-27(28)10-1)46-50(52-48-34-16-6-4-13-31(34)30-12-3-5-15-33(30)47(48)51-46)54-38-19-9-18-37-42(38)43-39(54)23-25-40-44(43)45-41(55-40)24-22-35-32-14-7-8-17-36(32)53(37)49(35)45/h1-26H. The fourth-order valence-electron chi connectivity index (χ4n) is 9.93. The van der Waals surface area contributed by atoms with Gasteiger partial charge in [0.1, 0.15) is 5.69 Å². The molecule has 0 amide bonds. The van der Waals surface area contributed by atoms with E-state index in [9.17, 15) is 0 Å². The molecule has 9 aromatic carbocycles. The van der Waals surface area contributed by atoms with E-state index in [-0.39, 0.29) is 0 Å². The van der Waals surface area contributed by atoms with Gasteiger partial charge in [0.2, 0.25) is 0 Å². The molecule has 5 heteroatoms. The van der Waals surface area contributed by atoms with E-state index in [1.807, 2.05) is 11.3 Å². The maximum atomic E-state index is 5.80. The lowest BCUT2D eigenvalue weighted by Gasteiger charge is -2.17. The molecule has 0 aliphatic heterocycles. The van der Waals surface area contributed by atoms with Gasteiger partial charge in [-0.2, -0.15) is 0 Å². The summed E-state index contributed by atoms with van der Waals surface area (Å²) in [7, 11) is 0. The SMILES string of the molecule is c1ccc2cc(-c3nc4c5ccccc5c5ccccc5c4nc3-n3c4ccc5sc6ccc7c8ccccc8n8c9cccc3c9c4c5c6c78)ccc2c1. The Morgan fingerprint density at radius 2 is 1.04 bits per heavy atom. The topological polar surface area (TPSA) is 35.1 Å². The van der Waals surface area contributed by atoms with Gasteiger partial charge in [0, 0.05) is 58.1 Å². The number of benzene rings is 9. The molecule has 0 bridgehead atoms. The summed E-state index contributed by atoms with van der Waals surface area (Å²) in [5.74, 6) is 0.836. The van der Waals surface area contributed by atoms with Crippen molar-refractivity contribution in [3.63, 3.8) is 0 Å². The van der Waals surface area contributed by atoms with Gasteiger partial charge in [-0.25, -0.2) is 9.97 Å². The average Bonchev–Trinajstić information content (AvgIpc) is 3.87. The van der Waals surface area contributed by atoms with E-state index in [0.717, 1.165) is 49.9 Å². The number of thiophene rings is 1. The van der Waals surface area contributed by atoms with E-state index in [2.05, 4.69) is 167 Å². The minimum atomic E-state index is 0.836. The average molecular weight is 715 g/mol. The lowest BCUT2D eigenvalue weighted by molar-refractivity contribution is 1.08. The highest BCUT2D eigenvalue weighted by molar-refractivity contribution is 7.26. The summed E-state index contributed by atoms with van der Waals surface area (Å²) in [6.45, 7) is 0. The fraction of sp³-hybridized carbons (Fsp3) is 0. The largest absolute Gasteiger partial charge is 0.308 e. The molecule has 5 heterocycles. The summed E-state index contributed by atoms with van der Waals surface area (Å²) < 4.78 is 7.56. The van der Waals surface area contributed by atoms with Gasteiger partial charge in [0.25, 0.3) is 0 Å². The highest BCUT2D eigenvalue weighted by Crippen LogP contribution is 2.50. The van der Waals surface area contributed by atoms with Gasteiger partial charge in [-0.1, -0.05) is 115 Å². The quantitative estimate of drug-likeness (QED) is 0.167. The van der Waals surface area contributed by atoms with Crippen LogP contribution in [0.1, 0.15) is 0 Å². The Labute approximate surface area is 316 Å². The molecule has 0 atom stereocenters. The van der Waals surface area contributed by atoms with E-state index in [1.54, 1.807) is 0 Å². The molecular weight excluding hydrogens is 689 g/mol.